The monoisotopic (exact) mass is 199 g/mol. The van der Waals surface area contributed by atoms with E-state index in [1.165, 1.54) is 12.8 Å². The third-order valence-electron chi connectivity index (χ3n) is 3.27. The largest absolute Gasteiger partial charge is 0.388 e. The summed E-state index contributed by atoms with van der Waals surface area (Å²) in [6, 6.07) is 0. The predicted molar refractivity (Wildman–Crippen MR) is 56.1 cm³/mol. The molecule has 2 saturated heterocycles. The Bertz CT molecular complexity index is 174. The molecule has 4 heteroatoms. The zero-order valence-corrected chi connectivity index (χ0v) is 8.68. The minimum Gasteiger partial charge on any atom is -0.388 e. The zero-order chi connectivity index (χ0) is 9.86. The lowest BCUT2D eigenvalue weighted by Gasteiger charge is -2.33. The van der Waals surface area contributed by atoms with Crippen LogP contribution >= 0.6 is 0 Å². The van der Waals surface area contributed by atoms with E-state index in [2.05, 4.69) is 16.0 Å². The van der Waals surface area contributed by atoms with Crippen LogP contribution in [0.15, 0.2) is 0 Å². The molecule has 0 aliphatic carbocycles. The van der Waals surface area contributed by atoms with Crippen molar-refractivity contribution in [1.82, 2.24) is 16.0 Å². The Hall–Kier alpha value is -0.160. The van der Waals surface area contributed by atoms with Crippen molar-refractivity contribution >= 4 is 0 Å². The molecule has 0 saturated carbocycles. The van der Waals surface area contributed by atoms with Crippen LogP contribution < -0.4 is 16.0 Å². The van der Waals surface area contributed by atoms with E-state index in [4.69, 9.17) is 0 Å². The van der Waals surface area contributed by atoms with Crippen LogP contribution in [0.25, 0.3) is 0 Å². The van der Waals surface area contributed by atoms with E-state index in [0.717, 1.165) is 39.0 Å². The van der Waals surface area contributed by atoms with Crippen LogP contribution in [-0.4, -0.2) is 43.1 Å². The molecule has 82 valence electrons. The topological polar surface area (TPSA) is 56.3 Å². The van der Waals surface area contributed by atoms with Crippen LogP contribution in [0, 0.1) is 0 Å². The summed E-state index contributed by atoms with van der Waals surface area (Å²) in [5.74, 6) is 0. The minimum atomic E-state index is -0.477. The number of hydrogen-bond acceptors (Lipinski definition) is 4. The highest BCUT2D eigenvalue weighted by atomic mass is 16.3. The van der Waals surface area contributed by atoms with Crippen molar-refractivity contribution in [2.24, 2.45) is 0 Å². The van der Waals surface area contributed by atoms with Gasteiger partial charge in [0.15, 0.2) is 0 Å². The molecule has 2 rings (SSSR count). The molecule has 4 nitrogen and oxygen atoms in total. The first-order chi connectivity index (χ1) is 6.79. The molecule has 4 N–H and O–H groups in total. The van der Waals surface area contributed by atoms with Crippen molar-refractivity contribution < 1.29 is 5.11 Å². The minimum absolute atomic E-state index is 0.425. The molecule has 0 aromatic heterocycles. The van der Waals surface area contributed by atoms with Crippen LogP contribution in [0.3, 0.4) is 0 Å². The molecule has 0 amide bonds. The first-order valence-corrected chi connectivity index (χ1v) is 5.68. The lowest BCUT2D eigenvalue weighted by atomic mass is 9.92. The first-order valence-electron chi connectivity index (χ1n) is 5.68. The van der Waals surface area contributed by atoms with Gasteiger partial charge in [-0.2, -0.15) is 0 Å². The molecule has 0 aromatic carbocycles. The summed E-state index contributed by atoms with van der Waals surface area (Å²) >= 11 is 0. The van der Waals surface area contributed by atoms with Crippen molar-refractivity contribution in [2.75, 3.05) is 26.2 Å². The van der Waals surface area contributed by atoms with Crippen LogP contribution in [0.2, 0.25) is 0 Å². The van der Waals surface area contributed by atoms with E-state index < -0.39 is 5.60 Å². The Morgan fingerprint density at radius 3 is 2.71 bits per heavy atom. The van der Waals surface area contributed by atoms with E-state index >= 15 is 0 Å². The van der Waals surface area contributed by atoms with Gasteiger partial charge in [0.25, 0.3) is 0 Å². The van der Waals surface area contributed by atoms with Gasteiger partial charge < -0.3 is 15.7 Å². The van der Waals surface area contributed by atoms with Crippen LogP contribution in [0.4, 0.5) is 0 Å². The second kappa shape index (κ2) is 4.57. The Balaban J connectivity index is 1.72. The van der Waals surface area contributed by atoms with Crippen molar-refractivity contribution in [3.8, 4) is 0 Å². The van der Waals surface area contributed by atoms with E-state index in [9.17, 15) is 5.11 Å². The number of aliphatic hydroxyl groups is 1. The first kappa shape index (κ1) is 10.4. The molecule has 1 atom stereocenters. The number of rotatable bonds is 3. The second-order valence-electron chi connectivity index (χ2n) is 4.50. The standard InChI is InChI=1S/C10H21N3O/c14-10(3-6-11-7-4-10)8-13-9-2-1-5-12-9/h9,11-14H,1-8H2. The number of piperidine rings is 1. The quantitative estimate of drug-likeness (QED) is 0.490. The van der Waals surface area contributed by atoms with Gasteiger partial charge in [-0.3, -0.25) is 5.32 Å². The molecule has 2 heterocycles. The van der Waals surface area contributed by atoms with E-state index in [1.807, 2.05) is 0 Å². The van der Waals surface area contributed by atoms with Gasteiger partial charge in [0.1, 0.15) is 0 Å². The van der Waals surface area contributed by atoms with Gasteiger partial charge >= 0.3 is 0 Å². The van der Waals surface area contributed by atoms with Crippen molar-refractivity contribution in [3.05, 3.63) is 0 Å². The molecule has 0 spiro atoms. The highest BCUT2D eigenvalue weighted by Gasteiger charge is 2.29. The highest BCUT2D eigenvalue weighted by Crippen LogP contribution is 2.17. The van der Waals surface area contributed by atoms with Gasteiger partial charge in [-0.05, 0) is 45.3 Å². The summed E-state index contributed by atoms with van der Waals surface area (Å²) in [4.78, 5) is 0. The van der Waals surface area contributed by atoms with Gasteiger partial charge in [0, 0.05) is 6.54 Å². The summed E-state index contributed by atoms with van der Waals surface area (Å²) in [6.45, 7) is 3.72. The second-order valence-corrected chi connectivity index (χ2v) is 4.50. The predicted octanol–water partition coefficient (Wildman–Crippen LogP) is -0.600. The maximum atomic E-state index is 10.2. The number of hydrogen-bond donors (Lipinski definition) is 4. The summed E-state index contributed by atoms with van der Waals surface area (Å²) < 4.78 is 0. The van der Waals surface area contributed by atoms with Crippen molar-refractivity contribution in [3.63, 3.8) is 0 Å². The molecule has 2 aliphatic rings. The van der Waals surface area contributed by atoms with E-state index in [0.29, 0.717) is 6.17 Å². The Labute approximate surface area is 85.5 Å². The molecular formula is C10H21N3O. The van der Waals surface area contributed by atoms with E-state index in [-0.39, 0.29) is 0 Å². The van der Waals surface area contributed by atoms with Crippen LogP contribution in [0.5, 0.6) is 0 Å². The fourth-order valence-electron chi connectivity index (χ4n) is 2.24. The maximum absolute atomic E-state index is 10.2. The van der Waals surface area contributed by atoms with Gasteiger partial charge in [0.05, 0.1) is 11.8 Å². The third kappa shape index (κ3) is 2.67. The molecule has 1 unspecified atom stereocenters. The molecule has 14 heavy (non-hydrogen) atoms. The van der Waals surface area contributed by atoms with Gasteiger partial charge in [-0.15, -0.1) is 0 Å². The molecule has 0 aromatic rings. The SMILES string of the molecule is OC1(CNC2CCCN2)CCNCC1. The molecule has 0 bridgehead atoms. The lowest BCUT2D eigenvalue weighted by molar-refractivity contribution is 0.00841. The summed E-state index contributed by atoms with van der Waals surface area (Å²) in [6.07, 6.45) is 4.60. The summed E-state index contributed by atoms with van der Waals surface area (Å²) in [5.41, 5.74) is -0.477. The summed E-state index contributed by atoms with van der Waals surface area (Å²) in [5, 5.41) is 20.2. The van der Waals surface area contributed by atoms with Crippen molar-refractivity contribution in [1.29, 1.82) is 0 Å². The molecule has 0 radical (unpaired) electrons. The van der Waals surface area contributed by atoms with E-state index in [1.54, 1.807) is 0 Å². The fourth-order valence-corrected chi connectivity index (χ4v) is 2.24. The van der Waals surface area contributed by atoms with Gasteiger partial charge in [-0.25, -0.2) is 0 Å². The van der Waals surface area contributed by atoms with Crippen LogP contribution in [0.1, 0.15) is 25.7 Å². The average Bonchev–Trinajstić information content (AvgIpc) is 2.69. The Morgan fingerprint density at radius 1 is 1.29 bits per heavy atom. The average molecular weight is 199 g/mol. The Morgan fingerprint density at radius 2 is 2.07 bits per heavy atom. The van der Waals surface area contributed by atoms with Crippen molar-refractivity contribution in [2.45, 2.75) is 37.5 Å². The maximum Gasteiger partial charge on any atom is 0.0796 e. The lowest BCUT2D eigenvalue weighted by Crippen LogP contribution is -2.52. The van der Waals surface area contributed by atoms with Gasteiger partial charge in [-0.1, -0.05) is 0 Å². The van der Waals surface area contributed by atoms with Crippen LogP contribution in [-0.2, 0) is 0 Å². The zero-order valence-electron chi connectivity index (χ0n) is 8.68. The van der Waals surface area contributed by atoms with Gasteiger partial charge in [0.2, 0.25) is 0 Å². The third-order valence-corrected chi connectivity index (χ3v) is 3.27. The Kier molecular flexibility index (Phi) is 3.38. The summed E-state index contributed by atoms with van der Waals surface area (Å²) in [7, 11) is 0. The molecule has 2 aliphatic heterocycles. The smallest absolute Gasteiger partial charge is 0.0796 e. The normalized spacial score (nSPS) is 31.9. The molecular weight excluding hydrogens is 178 g/mol. The highest BCUT2D eigenvalue weighted by molar-refractivity contribution is 4.87. The fraction of sp³-hybridized carbons (Fsp3) is 1.00. The molecule has 2 fully saturated rings. The number of nitrogens with one attached hydrogen (secondary N) is 3.